The summed E-state index contributed by atoms with van der Waals surface area (Å²) in [5, 5.41) is 8.45. The number of aromatic nitrogens is 5. The van der Waals surface area contributed by atoms with E-state index in [0.29, 0.717) is 5.92 Å². The average Bonchev–Trinajstić information content (AvgIpc) is 2.83. The lowest BCUT2D eigenvalue weighted by atomic mass is 9.95. The molecule has 0 saturated carbocycles. The van der Waals surface area contributed by atoms with E-state index in [9.17, 15) is 0 Å². The van der Waals surface area contributed by atoms with Crippen LogP contribution in [0, 0.1) is 0 Å². The molecule has 3 aromatic rings. The lowest BCUT2D eigenvalue weighted by Crippen LogP contribution is -2.46. The highest BCUT2D eigenvalue weighted by atomic mass is 15.3. The summed E-state index contributed by atoms with van der Waals surface area (Å²) in [5.41, 5.74) is 1.95. The average molecular weight is 252 g/mol. The van der Waals surface area contributed by atoms with Gasteiger partial charge in [-0.25, -0.2) is 15.0 Å². The van der Waals surface area contributed by atoms with Crippen molar-refractivity contribution >= 4 is 17.0 Å². The van der Waals surface area contributed by atoms with E-state index in [-0.39, 0.29) is 0 Å². The predicted octanol–water partition coefficient (Wildman–Crippen LogP) is 1.35. The summed E-state index contributed by atoms with van der Waals surface area (Å²) in [6.07, 6.45) is 5.30. The zero-order chi connectivity index (χ0) is 12.7. The maximum Gasteiger partial charge on any atom is 0.225 e. The van der Waals surface area contributed by atoms with Gasteiger partial charge < -0.3 is 4.90 Å². The van der Waals surface area contributed by atoms with Crippen LogP contribution in [0.3, 0.4) is 0 Å². The van der Waals surface area contributed by atoms with Crippen LogP contribution in [0.2, 0.25) is 0 Å². The van der Waals surface area contributed by atoms with E-state index in [0.717, 1.165) is 35.8 Å². The summed E-state index contributed by atoms with van der Waals surface area (Å²) in [6.45, 7) is 1.83. The second kappa shape index (κ2) is 4.01. The van der Waals surface area contributed by atoms with Gasteiger partial charge in [-0.1, -0.05) is 0 Å². The normalized spacial score (nSPS) is 15.7. The molecule has 1 saturated heterocycles. The van der Waals surface area contributed by atoms with Gasteiger partial charge in [-0.15, -0.1) is 0 Å². The number of pyridine rings is 1. The highest BCUT2D eigenvalue weighted by molar-refractivity contribution is 5.78. The van der Waals surface area contributed by atoms with Crippen molar-refractivity contribution < 1.29 is 0 Å². The molecule has 1 fully saturated rings. The number of H-pyrrole nitrogens is 1. The lowest BCUT2D eigenvalue weighted by molar-refractivity contribution is 0.505. The zero-order valence-electron chi connectivity index (χ0n) is 10.2. The second-order valence-electron chi connectivity index (χ2n) is 4.66. The summed E-state index contributed by atoms with van der Waals surface area (Å²) in [5.74, 6) is 1.23. The highest BCUT2D eigenvalue weighted by Gasteiger charge is 2.32. The third kappa shape index (κ3) is 1.64. The van der Waals surface area contributed by atoms with Gasteiger partial charge in [-0.3, -0.25) is 5.10 Å². The van der Waals surface area contributed by atoms with Gasteiger partial charge in [0.05, 0.1) is 5.69 Å². The maximum atomic E-state index is 4.26. The van der Waals surface area contributed by atoms with E-state index in [1.165, 1.54) is 0 Å². The number of anilines is 1. The smallest absolute Gasteiger partial charge is 0.225 e. The van der Waals surface area contributed by atoms with E-state index in [1.807, 2.05) is 12.1 Å². The number of nitrogens with zero attached hydrogens (tertiary/aromatic N) is 5. The van der Waals surface area contributed by atoms with Crippen molar-refractivity contribution in [2.24, 2.45) is 0 Å². The minimum absolute atomic E-state index is 0.443. The number of fused-ring (bicyclic) bond motifs is 1. The summed E-state index contributed by atoms with van der Waals surface area (Å²) in [6, 6.07) is 5.83. The zero-order valence-corrected chi connectivity index (χ0v) is 10.2. The van der Waals surface area contributed by atoms with Gasteiger partial charge in [0.25, 0.3) is 0 Å². The Hall–Kier alpha value is -2.50. The quantitative estimate of drug-likeness (QED) is 0.745. The fourth-order valence-corrected chi connectivity index (χ4v) is 2.46. The van der Waals surface area contributed by atoms with Gasteiger partial charge in [0.15, 0.2) is 5.65 Å². The Morgan fingerprint density at radius 1 is 1.05 bits per heavy atom. The Balaban J connectivity index is 1.57. The lowest BCUT2D eigenvalue weighted by Gasteiger charge is -2.38. The van der Waals surface area contributed by atoms with Crippen LogP contribution >= 0.6 is 0 Å². The molecule has 6 nitrogen and oxygen atoms in total. The molecule has 6 heteroatoms. The molecule has 94 valence electrons. The summed E-state index contributed by atoms with van der Waals surface area (Å²) >= 11 is 0. The molecule has 0 atom stereocenters. The first-order valence-electron chi connectivity index (χ1n) is 6.23. The number of hydrogen-bond donors (Lipinski definition) is 1. The van der Waals surface area contributed by atoms with Crippen molar-refractivity contribution in [3.05, 3.63) is 42.5 Å². The molecule has 1 aliphatic heterocycles. The van der Waals surface area contributed by atoms with E-state index < -0.39 is 0 Å². The van der Waals surface area contributed by atoms with Gasteiger partial charge in [0, 0.05) is 43.0 Å². The summed E-state index contributed by atoms with van der Waals surface area (Å²) < 4.78 is 0. The molecule has 0 radical (unpaired) electrons. The summed E-state index contributed by atoms with van der Waals surface area (Å²) in [7, 11) is 0. The minimum atomic E-state index is 0.443. The third-order valence-electron chi connectivity index (χ3n) is 3.48. The molecule has 3 aromatic heterocycles. The van der Waals surface area contributed by atoms with Gasteiger partial charge >= 0.3 is 0 Å². The van der Waals surface area contributed by atoms with Crippen molar-refractivity contribution in [3.63, 3.8) is 0 Å². The van der Waals surface area contributed by atoms with Crippen LogP contribution in [0.4, 0.5) is 5.95 Å². The van der Waals surface area contributed by atoms with Crippen LogP contribution in [0.5, 0.6) is 0 Å². The molecule has 19 heavy (non-hydrogen) atoms. The van der Waals surface area contributed by atoms with Gasteiger partial charge in [-0.05, 0) is 18.2 Å². The number of nitrogens with one attached hydrogen (secondary N) is 1. The van der Waals surface area contributed by atoms with Crippen LogP contribution in [0.15, 0.2) is 36.8 Å². The first-order chi connectivity index (χ1) is 9.42. The van der Waals surface area contributed by atoms with Crippen molar-refractivity contribution in [3.8, 4) is 0 Å². The monoisotopic (exact) mass is 252 g/mol. The second-order valence-corrected chi connectivity index (χ2v) is 4.66. The largest absolute Gasteiger partial charge is 0.339 e. The molecule has 4 rings (SSSR count). The summed E-state index contributed by atoms with van der Waals surface area (Å²) in [4.78, 5) is 14.9. The molecule has 0 amide bonds. The van der Waals surface area contributed by atoms with Gasteiger partial charge in [0.2, 0.25) is 5.95 Å². The molecule has 0 aliphatic carbocycles. The fraction of sp³-hybridized carbons (Fsp3) is 0.231. The molecule has 0 aromatic carbocycles. The van der Waals surface area contributed by atoms with E-state index in [4.69, 9.17) is 0 Å². The predicted molar refractivity (Wildman–Crippen MR) is 70.9 cm³/mol. The SMILES string of the molecule is c1cnc(N2CC(c3[nH]nc4ncccc34)C2)nc1. The molecule has 0 unspecified atom stereocenters. The Bertz CT molecular complexity index is 701. The van der Waals surface area contributed by atoms with Gasteiger partial charge in [-0.2, -0.15) is 5.10 Å². The van der Waals surface area contributed by atoms with Gasteiger partial charge in [0.1, 0.15) is 0 Å². The van der Waals surface area contributed by atoms with Crippen molar-refractivity contribution in [2.75, 3.05) is 18.0 Å². The number of hydrogen-bond acceptors (Lipinski definition) is 5. The molecule has 1 N–H and O–H groups in total. The van der Waals surface area contributed by atoms with Crippen molar-refractivity contribution in [1.82, 2.24) is 25.1 Å². The Morgan fingerprint density at radius 3 is 2.68 bits per heavy atom. The highest BCUT2D eigenvalue weighted by Crippen LogP contribution is 2.31. The standard InChI is InChI=1S/C13H12N6/c1-3-10-11(17-18-12(10)14-4-1)9-7-19(8-9)13-15-5-2-6-16-13/h1-6,9H,7-8H2,(H,14,17,18). The molecule has 0 bridgehead atoms. The van der Waals surface area contributed by atoms with E-state index in [2.05, 4.69) is 36.1 Å². The Labute approximate surface area is 109 Å². The fourth-order valence-electron chi connectivity index (χ4n) is 2.46. The third-order valence-corrected chi connectivity index (χ3v) is 3.48. The molecule has 1 aliphatic rings. The first kappa shape index (κ1) is 10.4. The molecule has 0 spiro atoms. The maximum absolute atomic E-state index is 4.26. The topological polar surface area (TPSA) is 70.6 Å². The van der Waals surface area contributed by atoms with Crippen molar-refractivity contribution in [2.45, 2.75) is 5.92 Å². The Kier molecular flexibility index (Phi) is 2.20. The number of rotatable bonds is 2. The van der Waals surface area contributed by atoms with E-state index in [1.54, 1.807) is 18.6 Å². The van der Waals surface area contributed by atoms with E-state index >= 15 is 0 Å². The molecular formula is C13H12N6. The first-order valence-corrected chi connectivity index (χ1v) is 6.23. The molecule has 4 heterocycles. The minimum Gasteiger partial charge on any atom is -0.339 e. The van der Waals surface area contributed by atoms with Crippen molar-refractivity contribution in [1.29, 1.82) is 0 Å². The van der Waals surface area contributed by atoms with Crippen LogP contribution < -0.4 is 4.90 Å². The van der Waals surface area contributed by atoms with Crippen LogP contribution in [-0.4, -0.2) is 38.2 Å². The van der Waals surface area contributed by atoms with Crippen LogP contribution in [0.25, 0.3) is 11.0 Å². The molecular weight excluding hydrogens is 240 g/mol. The van der Waals surface area contributed by atoms with Crippen LogP contribution in [0.1, 0.15) is 11.6 Å². The number of aromatic amines is 1. The van der Waals surface area contributed by atoms with Crippen LogP contribution in [-0.2, 0) is 0 Å². The Morgan fingerprint density at radius 2 is 1.84 bits per heavy atom.